The van der Waals surface area contributed by atoms with Crippen molar-refractivity contribution in [1.29, 1.82) is 0 Å². The molecule has 3 aromatic carbocycles. The van der Waals surface area contributed by atoms with E-state index in [1.54, 1.807) is 0 Å². The number of carbonyl (C=O) groups is 1. The first-order valence-corrected chi connectivity index (χ1v) is 9.48. The summed E-state index contributed by atoms with van der Waals surface area (Å²) in [5, 5.41) is -0.153. The number of hydrogen-bond donors (Lipinski definition) is 0. The second-order valence-electron chi connectivity index (χ2n) is 6.89. The number of esters is 1. The molecule has 5 nitrogen and oxygen atoms in total. The van der Waals surface area contributed by atoms with Crippen LogP contribution in [-0.4, -0.2) is 13.1 Å². The standard InChI is InChI=1S/C24H14F4O5/c1-31-14-8-6-13(7-9-14)20-21(29)17-11-10-15(12-19(17)33-22(20)24(26,27)28)32-23(30)16-4-2-3-5-18(16)25/h2-12H,1H3. The van der Waals surface area contributed by atoms with Crippen molar-refractivity contribution >= 4 is 16.9 Å². The van der Waals surface area contributed by atoms with Gasteiger partial charge in [0.25, 0.3) is 0 Å². The molecule has 1 aromatic heterocycles. The van der Waals surface area contributed by atoms with Crippen molar-refractivity contribution in [3.63, 3.8) is 0 Å². The molecule has 1 heterocycles. The van der Waals surface area contributed by atoms with Crippen molar-refractivity contribution in [3.05, 3.63) is 94.1 Å². The number of methoxy groups -OCH3 is 1. The topological polar surface area (TPSA) is 65.7 Å². The summed E-state index contributed by atoms with van der Waals surface area (Å²) in [6, 6.07) is 13.9. The van der Waals surface area contributed by atoms with Crippen LogP contribution in [0.15, 0.2) is 75.9 Å². The maximum Gasteiger partial charge on any atom is 0.450 e. The molecule has 4 rings (SSSR count). The monoisotopic (exact) mass is 458 g/mol. The fourth-order valence-corrected chi connectivity index (χ4v) is 3.25. The Balaban J connectivity index is 1.82. The molecule has 0 unspecified atom stereocenters. The molecule has 0 radical (unpaired) electrons. The maximum atomic E-state index is 13.8. The Bertz CT molecular complexity index is 1410. The van der Waals surface area contributed by atoms with E-state index in [1.807, 2.05) is 0 Å². The van der Waals surface area contributed by atoms with Gasteiger partial charge in [-0.25, -0.2) is 9.18 Å². The van der Waals surface area contributed by atoms with E-state index in [-0.39, 0.29) is 22.3 Å². The SMILES string of the molecule is COc1ccc(-c2c(C(F)(F)F)oc3cc(OC(=O)c4ccccc4F)ccc3c2=O)cc1. The third kappa shape index (κ3) is 4.30. The number of hydrogen-bond acceptors (Lipinski definition) is 5. The normalized spacial score (nSPS) is 11.4. The average molecular weight is 458 g/mol. The van der Waals surface area contributed by atoms with Gasteiger partial charge in [0.15, 0.2) is 0 Å². The molecule has 0 saturated carbocycles. The number of benzene rings is 3. The minimum atomic E-state index is -4.98. The van der Waals surface area contributed by atoms with Crippen LogP contribution < -0.4 is 14.9 Å². The zero-order valence-corrected chi connectivity index (χ0v) is 16.9. The van der Waals surface area contributed by atoms with E-state index >= 15 is 0 Å². The molecule has 4 aromatic rings. The number of ether oxygens (including phenoxy) is 2. The van der Waals surface area contributed by atoms with Gasteiger partial charge in [-0.15, -0.1) is 0 Å². The lowest BCUT2D eigenvalue weighted by molar-refractivity contribution is -0.152. The van der Waals surface area contributed by atoms with Crippen molar-refractivity contribution in [2.24, 2.45) is 0 Å². The predicted octanol–water partition coefficient (Wildman–Crippen LogP) is 5.85. The van der Waals surface area contributed by atoms with E-state index in [2.05, 4.69) is 0 Å². The van der Waals surface area contributed by atoms with Crippen molar-refractivity contribution in [2.45, 2.75) is 6.18 Å². The van der Waals surface area contributed by atoms with Gasteiger partial charge in [-0.2, -0.15) is 13.2 Å². The van der Waals surface area contributed by atoms with Crippen LogP contribution >= 0.6 is 0 Å². The highest BCUT2D eigenvalue weighted by Gasteiger charge is 2.39. The van der Waals surface area contributed by atoms with Crippen LogP contribution in [0.25, 0.3) is 22.1 Å². The van der Waals surface area contributed by atoms with Crippen LogP contribution in [0.4, 0.5) is 17.6 Å². The molecule has 0 N–H and O–H groups in total. The number of carbonyl (C=O) groups excluding carboxylic acids is 1. The van der Waals surface area contributed by atoms with E-state index in [0.717, 1.165) is 12.1 Å². The van der Waals surface area contributed by atoms with Gasteiger partial charge in [-0.3, -0.25) is 4.79 Å². The van der Waals surface area contributed by atoms with Gasteiger partial charge >= 0.3 is 12.1 Å². The number of fused-ring (bicyclic) bond motifs is 1. The molecule has 0 aliphatic rings. The summed E-state index contributed by atoms with van der Waals surface area (Å²) in [5.41, 5.74) is -2.38. The first-order chi connectivity index (χ1) is 15.7. The highest BCUT2D eigenvalue weighted by atomic mass is 19.4. The Morgan fingerprint density at radius 2 is 1.61 bits per heavy atom. The van der Waals surface area contributed by atoms with E-state index in [9.17, 15) is 27.2 Å². The van der Waals surface area contributed by atoms with Gasteiger partial charge in [-0.1, -0.05) is 24.3 Å². The summed E-state index contributed by atoms with van der Waals surface area (Å²) in [4.78, 5) is 25.2. The molecule has 0 saturated heterocycles. The first kappa shape index (κ1) is 22.1. The molecular weight excluding hydrogens is 444 g/mol. The fourth-order valence-electron chi connectivity index (χ4n) is 3.25. The minimum absolute atomic E-state index is 0.00571. The lowest BCUT2D eigenvalue weighted by Crippen LogP contribution is -2.16. The van der Waals surface area contributed by atoms with Crippen LogP contribution in [0, 0.1) is 5.82 Å². The smallest absolute Gasteiger partial charge is 0.450 e. The Hall–Kier alpha value is -4.14. The number of halogens is 4. The largest absolute Gasteiger partial charge is 0.497 e. The van der Waals surface area contributed by atoms with Gasteiger partial charge in [0.05, 0.1) is 23.6 Å². The molecule has 0 spiro atoms. The summed E-state index contributed by atoms with van der Waals surface area (Å²) < 4.78 is 70.3. The van der Waals surface area contributed by atoms with Gasteiger partial charge < -0.3 is 13.9 Å². The summed E-state index contributed by atoms with van der Waals surface area (Å²) in [6.07, 6.45) is -4.98. The first-order valence-electron chi connectivity index (χ1n) is 9.48. The zero-order chi connectivity index (χ0) is 23.8. The fraction of sp³-hybridized carbons (Fsp3) is 0.0833. The Labute approximate surface area is 183 Å². The van der Waals surface area contributed by atoms with E-state index in [4.69, 9.17) is 13.9 Å². The van der Waals surface area contributed by atoms with E-state index in [1.165, 1.54) is 61.7 Å². The second kappa shape index (κ2) is 8.42. The molecule has 0 fully saturated rings. The molecule has 33 heavy (non-hydrogen) atoms. The minimum Gasteiger partial charge on any atom is -0.497 e. The predicted molar refractivity (Wildman–Crippen MR) is 111 cm³/mol. The third-order valence-electron chi connectivity index (χ3n) is 4.80. The van der Waals surface area contributed by atoms with Gasteiger partial charge in [0.2, 0.25) is 11.2 Å². The summed E-state index contributed by atoms with van der Waals surface area (Å²) in [7, 11) is 1.40. The summed E-state index contributed by atoms with van der Waals surface area (Å²) >= 11 is 0. The Morgan fingerprint density at radius 1 is 0.939 bits per heavy atom. The Kier molecular flexibility index (Phi) is 5.63. The molecule has 0 aliphatic heterocycles. The maximum absolute atomic E-state index is 13.8. The van der Waals surface area contributed by atoms with Crippen LogP contribution in [-0.2, 0) is 6.18 Å². The molecule has 0 amide bonds. The van der Waals surface area contributed by atoms with Gasteiger partial charge in [0.1, 0.15) is 22.9 Å². The summed E-state index contributed by atoms with van der Waals surface area (Å²) in [5.74, 6) is -3.19. The molecule has 9 heteroatoms. The molecule has 0 atom stereocenters. The highest BCUT2D eigenvalue weighted by molar-refractivity contribution is 5.92. The molecule has 0 aliphatic carbocycles. The number of rotatable bonds is 4. The summed E-state index contributed by atoms with van der Waals surface area (Å²) in [6.45, 7) is 0. The van der Waals surface area contributed by atoms with Crippen LogP contribution in [0.5, 0.6) is 11.5 Å². The highest BCUT2D eigenvalue weighted by Crippen LogP contribution is 2.38. The zero-order valence-electron chi connectivity index (χ0n) is 16.9. The lowest BCUT2D eigenvalue weighted by atomic mass is 10.0. The van der Waals surface area contributed by atoms with Crippen LogP contribution in [0.1, 0.15) is 16.1 Å². The van der Waals surface area contributed by atoms with Gasteiger partial charge in [-0.05, 0) is 42.0 Å². The molecular formula is C24H14F4O5. The van der Waals surface area contributed by atoms with Crippen molar-refractivity contribution in [2.75, 3.05) is 7.11 Å². The van der Waals surface area contributed by atoms with Crippen LogP contribution in [0.3, 0.4) is 0 Å². The van der Waals surface area contributed by atoms with Crippen molar-refractivity contribution < 1.29 is 36.2 Å². The quantitative estimate of drug-likeness (QED) is 0.218. The van der Waals surface area contributed by atoms with Crippen molar-refractivity contribution in [1.82, 2.24) is 0 Å². The van der Waals surface area contributed by atoms with E-state index in [0.29, 0.717) is 5.75 Å². The number of alkyl halides is 3. The molecule has 0 bridgehead atoms. The molecule has 168 valence electrons. The lowest BCUT2D eigenvalue weighted by Gasteiger charge is -2.13. The average Bonchev–Trinajstić information content (AvgIpc) is 2.78. The van der Waals surface area contributed by atoms with Crippen molar-refractivity contribution in [3.8, 4) is 22.6 Å². The van der Waals surface area contributed by atoms with E-state index < -0.39 is 40.3 Å². The van der Waals surface area contributed by atoms with Gasteiger partial charge in [0, 0.05) is 6.07 Å². The Morgan fingerprint density at radius 3 is 2.24 bits per heavy atom. The third-order valence-corrected chi connectivity index (χ3v) is 4.80. The van der Waals surface area contributed by atoms with Crippen LogP contribution in [0.2, 0.25) is 0 Å². The second-order valence-corrected chi connectivity index (χ2v) is 6.89.